The fraction of sp³-hybridized carbons (Fsp3) is 0.385. The highest BCUT2D eigenvalue weighted by Crippen LogP contribution is 2.16. The van der Waals surface area contributed by atoms with Gasteiger partial charge in [-0.25, -0.2) is 9.69 Å². The first-order valence-electron chi connectivity index (χ1n) is 5.81. The Balaban J connectivity index is 2.93. The van der Waals surface area contributed by atoms with Crippen molar-refractivity contribution >= 4 is 17.7 Å². The number of nitrogens with two attached hydrogens (primary N) is 1. The average Bonchev–Trinajstić information content (AvgIpc) is 2.29. The summed E-state index contributed by atoms with van der Waals surface area (Å²) in [5.41, 5.74) is 6.05. The number of carbonyl (C=O) groups excluding carboxylic acids is 1. The van der Waals surface area contributed by atoms with Crippen LogP contribution in [0.5, 0.6) is 0 Å². The van der Waals surface area contributed by atoms with Crippen molar-refractivity contribution in [1.82, 2.24) is 0 Å². The average molecular weight is 250 g/mol. The van der Waals surface area contributed by atoms with Crippen LogP contribution >= 0.6 is 0 Å². The van der Waals surface area contributed by atoms with E-state index in [9.17, 15) is 9.59 Å². The van der Waals surface area contributed by atoms with Crippen LogP contribution in [0, 0.1) is 5.92 Å². The molecule has 0 bridgehead atoms. The monoisotopic (exact) mass is 250 g/mol. The minimum Gasteiger partial charge on any atom is -0.464 e. The third-order valence-electron chi connectivity index (χ3n) is 2.47. The lowest BCUT2D eigenvalue weighted by atomic mass is 10.0. The summed E-state index contributed by atoms with van der Waals surface area (Å²) in [7, 11) is 0. The van der Waals surface area contributed by atoms with Crippen molar-refractivity contribution in [2.45, 2.75) is 26.3 Å². The quantitative estimate of drug-likeness (QED) is 0.856. The van der Waals surface area contributed by atoms with Gasteiger partial charge in [-0.3, -0.25) is 4.79 Å². The van der Waals surface area contributed by atoms with Crippen molar-refractivity contribution < 1.29 is 14.7 Å². The molecule has 0 aliphatic rings. The lowest BCUT2D eigenvalue weighted by molar-refractivity contribution is -0.119. The maximum atomic E-state index is 12.0. The predicted molar refractivity (Wildman–Crippen MR) is 69.4 cm³/mol. The van der Waals surface area contributed by atoms with Gasteiger partial charge in [0, 0.05) is 0 Å². The zero-order valence-corrected chi connectivity index (χ0v) is 10.5. The van der Waals surface area contributed by atoms with Crippen molar-refractivity contribution in [3.8, 4) is 0 Å². The fourth-order valence-corrected chi connectivity index (χ4v) is 1.68. The van der Waals surface area contributed by atoms with E-state index >= 15 is 0 Å². The van der Waals surface area contributed by atoms with Crippen molar-refractivity contribution in [3.05, 3.63) is 30.3 Å². The van der Waals surface area contributed by atoms with E-state index in [1.165, 1.54) is 0 Å². The molecule has 0 spiro atoms. The molecule has 3 N–H and O–H groups in total. The number of carbonyl (C=O) groups is 2. The van der Waals surface area contributed by atoms with Crippen LogP contribution in [0.15, 0.2) is 30.3 Å². The van der Waals surface area contributed by atoms with E-state index in [0.717, 1.165) is 0 Å². The van der Waals surface area contributed by atoms with Gasteiger partial charge in [-0.1, -0.05) is 32.0 Å². The molecule has 0 aliphatic heterocycles. The number of rotatable bonds is 4. The molecule has 98 valence electrons. The summed E-state index contributed by atoms with van der Waals surface area (Å²) in [4.78, 5) is 23.9. The van der Waals surface area contributed by atoms with Crippen molar-refractivity contribution in [2.75, 3.05) is 4.90 Å². The second-order valence-electron chi connectivity index (χ2n) is 4.53. The SMILES string of the molecule is CC(C)C[C@H](N)C(=O)N(C(=O)O)c1ccccc1. The highest BCUT2D eigenvalue weighted by molar-refractivity contribution is 6.13. The molecule has 1 rings (SSSR count). The Morgan fingerprint density at radius 2 is 1.83 bits per heavy atom. The topological polar surface area (TPSA) is 83.6 Å². The lowest BCUT2D eigenvalue weighted by Crippen LogP contribution is -2.47. The van der Waals surface area contributed by atoms with Gasteiger partial charge >= 0.3 is 6.09 Å². The highest BCUT2D eigenvalue weighted by atomic mass is 16.4. The number of imide groups is 1. The van der Waals surface area contributed by atoms with Gasteiger partial charge in [0.15, 0.2) is 0 Å². The number of hydrogen-bond donors (Lipinski definition) is 2. The molecular weight excluding hydrogens is 232 g/mol. The van der Waals surface area contributed by atoms with Crippen LogP contribution < -0.4 is 10.6 Å². The van der Waals surface area contributed by atoms with Crippen LogP contribution in [0.3, 0.4) is 0 Å². The summed E-state index contributed by atoms with van der Waals surface area (Å²) in [5, 5.41) is 9.13. The van der Waals surface area contributed by atoms with Crippen LogP contribution in [0.2, 0.25) is 0 Å². The molecule has 2 amide bonds. The van der Waals surface area contributed by atoms with Gasteiger partial charge < -0.3 is 10.8 Å². The lowest BCUT2D eigenvalue weighted by Gasteiger charge is -2.22. The van der Waals surface area contributed by atoms with Crippen LogP contribution in [-0.4, -0.2) is 23.1 Å². The second kappa shape index (κ2) is 6.16. The fourth-order valence-electron chi connectivity index (χ4n) is 1.68. The number of amides is 2. The Bertz CT molecular complexity index is 418. The molecule has 0 radical (unpaired) electrons. The standard InChI is InChI=1S/C13H18N2O3/c1-9(2)8-11(14)12(16)15(13(17)18)10-6-4-3-5-7-10/h3-7,9,11H,8,14H2,1-2H3,(H,17,18)/t11-/m0/s1. The largest absolute Gasteiger partial charge is 0.464 e. The Labute approximate surface area is 106 Å². The summed E-state index contributed by atoms with van der Waals surface area (Å²) in [6, 6.07) is 7.42. The molecule has 0 unspecified atom stereocenters. The van der Waals surface area contributed by atoms with Gasteiger partial charge in [-0.15, -0.1) is 0 Å². The highest BCUT2D eigenvalue weighted by Gasteiger charge is 2.27. The molecule has 18 heavy (non-hydrogen) atoms. The number of para-hydroxylation sites is 1. The molecule has 1 aromatic rings. The van der Waals surface area contributed by atoms with Gasteiger partial charge in [-0.2, -0.15) is 0 Å². The Morgan fingerprint density at radius 3 is 2.28 bits per heavy atom. The van der Waals surface area contributed by atoms with Gasteiger partial charge in [-0.05, 0) is 24.5 Å². The number of carboxylic acid groups (broad SMARTS) is 1. The third kappa shape index (κ3) is 3.56. The second-order valence-corrected chi connectivity index (χ2v) is 4.53. The molecule has 0 saturated heterocycles. The molecule has 5 heteroatoms. The molecule has 0 aromatic heterocycles. The Kier molecular flexibility index (Phi) is 4.85. The summed E-state index contributed by atoms with van der Waals surface area (Å²) in [6.45, 7) is 3.86. The smallest absolute Gasteiger partial charge is 0.418 e. The van der Waals surface area contributed by atoms with Crippen LogP contribution in [0.25, 0.3) is 0 Å². The molecule has 1 aromatic carbocycles. The van der Waals surface area contributed by atoms with E-state index in [4.69, 9.17) is 10.8 Å². The van der Waals surface area contributed by atoms with Crippen LogP contribution in [-0.2, 0) is 4.79 Å². The first kappa shape index (κ1) is 14.2. The van der Waals surface area contributed by atoms with Crippen LogP contribution in [0.4, 0.5) is 10.5 Å². The van der Waals surface area contributed by atoms with E-state index in [1.807, 2.05) is 13.8 Å². The van der Waals surface area contributed by atoms with Crippen molar-refractivity contribution in [1.29, 1.82) is 0 Å². The Morgan fingerprint density at radius 1 is 1.28 bits per heavy atom. The van der Waals surface area contributed by atoms with Crippen molar-refractivity contribution in [3.63, 3.8) is 0 Å². The van der Waals surface area contributed by atoms with E-state index in [0.29, 0.717) is 17.0 Å². The summed E-state index contributed by atoms with van der Waals surface area (Å²) in [5.74, 6) is -0.363. The predicted octanol–water partition coefficient (Wildman–Crippen LogP) is 2.07. The number of hydrogen-bond acceptors (Lipinski definition) is 3. The maximum absolute atomic E-state index is 12.0. The molecule has 0 fully saturated rings. The maximum Gasteiger partial charge on any atom is 0.418 e. The van der Waals surface area contributed by atoms with Gasteiger partial charge in [0.25, 0.3) is 5.91 Å². The number of benzene rings is 1. The van der Waals surface area contributed by atoms with E-state index in [1.54, 1.807) is 30.3 Å². The molecular formula is C13H18N2O3. The summed E-state index contributed by atoms with van der Waals surface area (Å²) < 4.78 is 0. The number of anilines is 1. The summed E-state index contributed by atoms with van der Waals surface area (Å²) in [6.07, 6.45) is -0.861. The molecule has 0 heterocycles. The van der Waals surface area contributed by atoms with E-state index < -0.39 is 18.0 Å². The third-order valence-corrected chi connectivity index (χ3v) is 2.47. The zero-order chi connectivity index (χ0) is 13.7. The van der Waals surface area contributed by atoms with Crippen molar-refractivity contribution in [2.24, 2.45) is 11.7 Å². The first-order valence-corrected chi connectivity index (χ1v) is 5.81. The first-order chi connectivity index (χ1) is 8.43. The molecule has 1 atom stereocenters. The molecule has 0 aliphatic carbocycles. The normalized spacial score (nSPS) is 12.2. The van der Waals surface area contributed by atoms with Gasteiger partial charge in [0.2, 0.25) is 0 Å². The molecule has 0 saturated carbocycles. The van der Waals surface area contributed by atoms with E-state index in [-0.39, 0.29) is 5.92 Å². The minimum atomic E-state index is -1.31. The number of nitrogens with zero attached hydrogens (tertiary/aromatic N) is 1. The summed E-state index contributed by atoms with van der Waals surface area (Å²) >= 11 is 0. The Hall–Kier alpha value is -1.88. The van der Waals surface area contributed by atoms with E-state index in [2.05, 4.69) is 0 Å². The molecule has 5 nitrogen and oxygen atoms in total. The van der Waals surface area contributed by atoms with Gasteiger partial charge in [0.1, 0.15) is 0 Å². The minimum absolute atomic E-state index is 0.232. The van der Waals surface area contributed by atoms with Gasteiger partial charge in [0.05, 0.1) is 11.7 Å². The van der Waals surface area contributed by atoms with Crippen LogP contribution in [0.1, 0.15) is 20.3 Å². The zero-order valence-electron chi connectivity index (χ0n) is 10.5.